The summed E-state index contributed by atoms with van der Waals surface area (Å²) < 4.78 is 0. The van der Waals surface area contributed by atoms with Crippen LogP contribution < -0.4 is 0 Å². The van der Waals surface area contributed by atoms with Gasteiger partial charge in [-0.3, -0.25) is 9.59 Å². The Hall–Kier alpha value is -4.86. The van der Waals surface area contributed by atoms with Crippen LogP contribution in [0.4, 0.5) is 0 Å². The molecule has 2 aromatic carbocycles. The quantitative estimate of drug-likeness (QED) is 0.172. The Morgan fingerprint density at radius 2 is 1.00 bits per heavy atom. The van der Waals surface area contributed by atoms with E-state index in [0.29, 0.717) is 36.8 Å². The summed E-state index contributed by atoms with van der Waals surface area (Å²) in [6.07, 6.45) is 3.47. The molecule has 0 aromatic heterocycles. The Morgan fingerprint density at radius 1 is 0.658 bits per heavy atom. The zero-order valence-corrected chi connectivity index (χ0v) is 20.8. The van der Waals surface area contributed by atoms with Crippen molar-refractivity contribution in [1.29, 1.82) is 0 Å². The number of hydrogen-bond donors (Lipinski definition) is 2. The van der Waals surface area contributed by atoms with E-state index in [4.69, 9.17) is 9.68 Å². The maximum atomic E-state index is 12.1. The van der Waals surface area contributed by atoms with Crippen LogP contribution in [-0.4, -0.2) is 45.1 Å². The maximum Gasteiger partial charge on any atom is 0.405 e. The van der Waals surface area contributed by atoms with Gasteiger partial charge in [0.15, 0.2) is 0 Å². The molecule has 1 saturated carbocycles. The number of aliphatic hydroxyl groups excluding tert-OH is 2. The van der Waals surface area contributed by atoms with Crippen LogP contribution >= 0.6 is 0 Å². The summed E-state index contributed by atoms with van der Waals surface area (Å²) in [7, 11) is 0. The zero-order chi connectivity index (χ0) is 27.7. The van der Waals surface area contributed by atoms with E-state index in [1.54, 1.807) is 48.5 Å². The predicted molar refractivity (Wildman–Crippen MR) is 139 cm³/mol. The molecule has 38 heavy (non-hydrogen) atoms. The lowest BCUT2D eigenvalue weighted by Crippen LogP contribution is -2.23. The molecular weight excluding hydrogens is 492 g/mol. The van der Waals surface area contributed by atoms with E-state index in [1.165, 1.54) is 0 Å². The van der Waals surface area contributed by atoms with Gasteiger partial charge in [0, 0.05) is 23.3 Å². The third-order valence-electron chi connectivity index (χ3n) is 5.52. The minimum absolute atomic E-state index is 0.169. The van der Waals surface area contributed by atoms with Crippen LogP contribution in [0.25, 0.3) is 11.5 Å². The monoisotopic (exact) mass is 518 g/mol. The van der Waals surface area contributed by atoms with Crippen molar-refractivity contribution in [2.75, 3.05) is 0 Å². The second-order valence-corrected chi connectivity index (χ2v) is 8.56. The van der Waals surface area contributed by atoms with Gasteiger partial charge in [-0.15, -0.1) is 0 Å². The third kappa shape index (κ3) is 7.82. The molecule has 2 aromatic rings. The van der Waals surface area contributed by atoms with E-state index in [0.717, 1.165) is 23.3 Å². The Labute approximate surface area is 218 Å². The van der Waals surface area contributed by atoms with Crippen molar-refractivity contribution in [2.24, 2.45) is 10.3 Å². The second-order valence-electron chi connectivity index (χ2n) is 8.56. The van der Waals surface area contributed by atoms with Crippen LogP contribution in [0.15, 0.2) is 71.0 Å². The van der Waals surface area contributed by atoms with Crippen LogP contribution in [0, 0.1) is 13.8 Å². The van der Waals surface area contributed by atoms with Crippen molar-refractivity contribution in [3.8, 4) is 0 Å². The molecule has 0 heterocycles. The molecule has 0 atom stereocenters. The molecule has 0 aliphatic heterocycles. The molecule has 1 fully saturated rings. The topological polar surface area (TPSA) is 152 Å². The first kappa shape index (κ1) is 27.7. The molecular formula is C28H26N2O8. The lowest BCUT2D eigenvalue weighted by Gasteiger charge is -2.13. The van der Waals surface area contributed by atoms with Crippen LogP contribution in [-0.2, 0) is 28.9 Å². The van der Waals surface area contributed by atoms with Crippen molar-refractivity contribution in [3.05, 3.63) is 82.9 Å². The summed E-state index contributed by atoms with van der Waals surface area (Å²) >= 11 is 0. The maximum absolute atomic E-state index is 12.1. The molecule has 3 rings (SSSR count). The number of aliphatic hydroxyl groups is 2. The first-order valence-electron chi connectivity index (χ1n) is 11.7. The Bertz CT molecular complexity index is 1240. The highest BCUT2D eigenvalue weighted by molar-refractivity contribution is 6.44. The van der Waals surface area contributed by atoms with E-state index in [1.807, 2.05) is 13.8 Å². The van der Waals surface area contributed by atoms with E-state index >= 15 is 0 Å². The molecule has 0 amide bonds. The predicted octanol–water partition coefficient (Wildman–Crippen LogP) is 4.31. The van der Waals surface area contributed by atoms with Crippen molar-refractivity contribution in [1.82, 2.24) is 0 Å². The Morgan fingerprint density at radius 3 is 1.34 bits per heavy atom. The molecule has 1 aliphatic carbocycles. The van der Waals surface area contributed by atoms with Gasteiger partial charge in [-0.05, 0) is 39.5 Å². The number of benzene rings is 2. The first-order chi connectivity index (χ1) is 18.1. The number of rotatable bonds is 8. The summed E-state index contributed by atoms with van der Waals surface area (Å²) in [6.45, 7) is 3.73. The van der Waals surface area contributed by atoms with Gasteiger partial charge in [0.2, 0.25) is 0 Å². The molecule has 10 nitrogen and oxygen atoms in total. The highest BCUT2D eigenvalue weighted by Crippen LogP contribution is 2.16. The van der Waals surface area contributed by atoms with E-state index < -0.39 is 35.0 Å². The Kier molecular flexibility index (Phi) is 9.42. The standard InChI is InChI=1S/C28H26N2O8/c1-17-7-11-19(12-8-17)23(31)15-25(33)27(35)37-29-21-5-3-4-6-22(21)30-38-28(36)26(34)16-24(32)20-13-9-18(2)10-14-20/h7-16,31-32H,3-6H2,1-2H3/b23-15-,24-16-,29-21+,30-22+. The lowest BCUT2D eigenvalue weighted by molar-refractivity contribution is -0.152. The summed E-state index contributed by atoms with van der Waals surface area (Å²) in [5, 5.41) is 27.5. The molecule has 1 aliphatic rings. The molecule has 0 spiro atoms. The van der Waals surface area contributed by atoms with Gasteiger partial charge in [-0.1, -0.05) is 70.0 Å². The number of oxime groups is 2. The van der Waals surface area contributed by atoms with Crippen molar-refractivity contribution in [3.63, 3.8) is 0 Å². The summed E-state index contributed by atoms with van der Waals surface area (Å²) in [4.78, 5) is 57.8. The molecule has 0 saturated heterocycles. The number of hydrogen-bond acceptors (Lipinski definition) is 10. The summed E-state index contributed by atoms with van der Waals surface area (Å²) in [6, 6.07) is 13.3. The highest BCUT2D eigenvalue weighted by atomic mass is 16.7. The van der Waals surface area contributed by atoms with Gasteiger partial charge in [-0.2, -0.15) is 0 Å². The molecule has 196 valence electrons. The number of nitrogens with zero attached hydrogens (tertiary/aromatic N) is 2. The third-order valence-corrected chi connectivity index (χ3v) is 5.52. The van der Waals surface area contributed by atoms with E-state index in [9.17, 15) is 29.4 Å². The minimum Gasteiger partial charge on any atom is -0.507 e. The van der Waals surface area contributed by atoms with Crippen LogP contribution in [0.2, 0.25) is 0 Å². The van der Waals surface area contributed by atoms with E-state index in [2.05, 4.69) is 10.3 Å². The number of ketones is 2. The van der Waals surface area contributed by atoms with Crippen LogP contribution in [0.3, 0.4) is 0 Å². The number of aryl methyl sites for hydroxylation is 2. The molecule has 10 heteroatoms. The normalized spacial score (nSPS) is 16.3. The molecule has 2 N–H and O–H groups in total. The first-order valence-corrected chi connectivity index (χ1v) is 11.7. The van der Waals surface area contributed by atoms with Gasteiger partial charge < -0.3 is 19.9 Å². The van der Waals surface area contributed by atoms with E-state index in [-0.39, 0.29) is 11.4 Å². The summed E-state index contributed by atoms with van der Waals surface area (Å²) in [5.41, 5.74) is 2.95. The van der Waals surface area contributed by atoms with Crippen molar-refractivity contribution in [2.45, 2.75) is 39.5 Å². The number of carbonyl (C=O) groups is 4. The van der Waals surface area contributed by atoms with Crippen molar-refractivity contribution < 1.29 is 39.1 Å². The SMILES string of the molecule is Cc1ccc(/C(O)=C/C(=O)C(=O)O/N=C2\CCCC\C2=N/OC(=O)C(=O)/C=C(\O)c2ccc(C)cc2)cc1. The van der Waals surface area contributed by atoms with Gasteiger partial charge in [0.1, 0.15) is 22.9 Å². The summed E-state index contributed by atoms with van der Waals surface area (Å²) in [5.74, 6) is -5.72. The zero-order valence-electron chi connectivity index (χ0n) is 20.8. The van der Waals surface area contributed by atoms with Gasteiger partial charge in [-0.25, -0.2) is 9.59 Å². The average molecular weight is 519 g/mol. The van der Waals surface area contributed by atoms with Gasteiger partial charge >= 0.3 is 11.9 Å². The number of carbonyl (C=O) groups excluding carboxylic acids is 4. The average Bonchev–Trinajstić information content (AvgIpc) is 2.91. The molecule has 0 bridgehead atoms. The largest absolute Gasteiger partial charge is 0.507 e. The molecule has 0 radical (unpaired) electrons. The van der Waals surface area contributed by atoms with Gasteiger partial charge in [0.25, 0.3) is 11.6 Å². The lowest BCUT2D eigenvalue weighted by atomic mass is 9.97. The van der Waals surface area contributed by atoms with Crippen LogP contribution in [0.5, 0.6) is 0 Å². The smallest absolute Gasteiger partial charge is 0.405 e. The van der Waals surface area contributed by atoms with Crippen LogP contribution in [0.1, 0.15) is 47.9 Å². The minimum atomic E-state index is -1.33. The van der Waals surface area contributed by atoms with Crippen molar-refractivity contribution >= 4 is 46.4 Å². The fourth-order valence-corrected chi connectivity index (χ4v) is 3.33. The second kappa shape index (κ2) is 12.9. The highest BCUT2D eigenvalue weighted by Gasteiger charge is 2.22. The fourth-order valence-electron chi connectivity index (χ4n) is 3.33. The fraction of sp³-hybridized carbons (Fsp3) is 0.214. The Balaban J connectivity index is 1.62. The molecule has 0 unspecified atom stereocenters. The van der Waals surface area contributed by atoms with Gasteiger partial charge in [0.05, 0.1) is 0 Å².